The van der Waals surface area contributed by atoms with E-state index in [2.05, 4.69) is 5.32 Å². The highest BCUT2D eigenvalue weighted by molar-refractivity contribution is 7.89. The molecule has 1 aliphatic heterocycles. The highest BCUT2D eigenvalue weighted by Crippen LogP contribution is 2.29. The Hall–Kier alpha value is -2.91. The molecule has 1 saturated heterocycles. The van der Waals surface area contributed by atoms with Crippen LogP contribution in [0.5, 0.6) is 5.75 Å². The van der Waals surface area contributed by atoms with Gasteiger partial charge in [-0.2, -0.15) is 0 Å². The lowest BCUT2D eigenvalue weighted by atomic mass is 10.1. The maximum Gasteiger partial charge on any atom is 0.255 e. The summed E-state index contributed by atoms with van der Waals surface area (Å²) in [6.07, 6.45) is 1.36. The van der Waals surface area contributed by atoms with Crippen molar-refractivity contribution in [3.63, 3.8) is 0 Å². The minimum Gasteiger partial charge on any atom is -0.495 e. The van der Waals surface area contributed by atoms with E-state index in [-0.39, 0.29) is 16.5 Å². The topological polar surface area (TPSA) is 96.0 Å². The van der Waals surface area contributed by atoms with E-state index in [0.29, 0.717) is 24.3 Å². The molecule has 0 spiro atoms. The first-order chi connectivity index (χ1) is 13.7. The van der Waals surface area contributed by atoms with Crippen molar-refractivity contribution in [3.8, 4) is 5.75 Å². The zero-order valence-electron chi connectivity index (χ0n) is 16.5. The van der Waals surface area contributed by atoms with Crippen molar-refractivity contribution in [2.45, 2.75) is 17.7 Å². The number of nitrogens with zero attached hydrogens (tertiary/aromatic N) is 2. The maximum atomic E-state index is 12.7. The van der Waals surface area contributed by atoms with Gasteiger partial charge in [-0.3, -0.25) is 9.59 Å². The zero-order valence-corrected chi connectivity index (χ0v) is 17.3. The fourth-order valence-electron chi connectivity index (χ4n) is 3.06. The molecule has 9 heteroatoms. The van der Waals surface area contributed by atoms with E-state index in [0.717, 1.165) is 16.4 Å². The first-order valence-electron chi connectivity index (χ1n) is 9.06. The zero-order chi connectivity index (χ0) is 21.2. The largest absolute Gasteiger partial charge is 0.495 e. The summed E-state index contributed by atoms with van der Waals surface area (Å²) in [5.74, 6) is 0.00296. The average molecular weight is 417 g/mol. The molecule has 3 rings (SSSR count). The van der Waals surface area contributed by atoms with Gasteiger partial charge >= 0.3 is 0 Å². The van der Waals surface area contributed by atoms with Crippen molar-refractivity contribution in [2.24, 2.45) is 0 Å². The third-order valence-electron chi connectivity index (χ3n) is 4.71. The summed E-state index contributed by atoms with van der Waals surface area (Å²) in [5.41, 5.74) is 1.38. The molecule has 0 aliphatic carbocycles. The lowest BCUT2D eigenvalue weighted by Gasteiger charge is -2.17. The minimum atomic E-state index is -3.66. The van der Waals surface area contributed by atoms with Gasteiger partial charge in [-0.05, 0) is 48.9 Å². The number of hydrogen-bond acceptors (Lipinski definition) is 5. The second-order valence-electron chi connectivity index (χ2n) is 6.80. The molecule has 2 aromatic rings. The number of amides is 2. The van der Waals surface area contributed by atoms with Crippen LogP contribution in [0, 0.1) is 0 Å². The van der Waals surface area contributed by atoms with Crippen LogP contribution in [0.25, 0.3) is 0 Å². The van der Waals surface area contributed by atoms with Crippen LogP contribution in [0.3, 0.4) is 0 Å². The van der Waals surface area contributed by atoms with Crippen LogP contribution in [0.4, 0.5) is 11.4 Å². The number of carbonyl (C=O) groups excluding carboxylic acids is 2. The van der Waals surface area contributed by atoms with Crippen molar-refractivity contribution in [3.05, 3.63) is 48.0 Å². The third-order valence-corrected chi connectivity index (χ3v) is 6.52. The summed E-state index contributed by atoms with van der Waals surface area (Å²) in [5, 5.41) is 2.70. The Morgan fingerprint density at radius 3 is 2.38 bits per heavy atom. The smallest absolute Gasteiger partial charge is 0.255 e. The summed E-state index contributed by atoms with van der Waals surface area (Å²) in [6.45, 7) is 0.675. The van der Waals surface area contributed by atoms with Crippen LogP contribution >= 0.6 is 0 Å². The Labute approximate surface area is 170 Å². The number of benzene rings is 2. The van der Waals surface area contributed by atoms with Gasteiger partial charge in [0.15, 0.2) is 0 Å². The van der Waals surface area contributed by atoms with Crippen molar-refractivity contribution < 1.29 is 22.7 Å². The van der Waals surface area contributed by atoms with Crippen molar-refractivity contribution in [1.29, 1.82) is 0 Å². The summed E-state index contributed by atoms with van der Waals surface area (Å²) in [6, 6.07) is 11.0. The third kappa shape index (κ3) is 4.25. The molecular weight excluding hydrogens is 394 g/mol. The van der Waals surface area contributed by atoms with Gasteiger partial charge in [0.25, 0.3) is 5.91 Å². The fourth-order valence-corrected chi connectivity index (χ4v) is 3.99. The lowest BCUT2D eigenvalue weighted by molar-refractivity contribution is -0.117. The van der Waals surface area contributed by atoms with Crippen molar-refractivity contribution >= 4 is 33.2 Å². The van der Waals surface area contributed by atoms with Gasteiger partial charge in [0.2, 0.25) is 15.9 Å². The van der Waals surface area contributed by atoms with Gasteiger partial charge in [-0.1, -0.05) is 0 Å². The standard InChI is InChI=1S/C20H23N3O5S/c1-22(2)29(26,27)16-10-11-18(28-3)17(13-16)21-20(25)14-6-8-15(9-7-14)23-12-4-5-19(23)24/h6-11,13H,4-5,12H2,1-3H3,(H,21,25). The van der Waals surface area contributed by atoms with Crippen LogP contribution in [0.1, 0.15) is 23.2 Å². The molecular formula is C20H23N3O5S. The molecule has 0 atom stereocenters. The molecule has 29 heavy (non-hydrogen) atoms. The Bertz CT molecular complexity index is 1030. The van der Waals surface area contributed by atoms with Crippen molar-refractivity contribution in [2.75, 3.05) is 38.0 Å². The molecule has 0 aromatic heterocycles. The molecule has 8 nitrogen and oxygen atoms in total. The quantitative estimate of drug-likeness (QED) is 0.778. The van der Waals surface area contributed by atoms with E-state index in [4.69, 9.17) is 4.74 Å². The van der Waals surface area contributed by atoms with E-state index < -0.39 is 15.9 Å². The molecule has 0 unspecified atom stereocenters. The Balaban J connectivity index is 1.83. The molecule has 2 amide bonds. The molecule has 1 N–H and O–H groups in total. The van der Waals surface area contributed by atoms with E-state index >= 15 is 0 Å². The van der Waals surface area contributed by atoms with Gasteiger partial charge in [0.1, 0.15) is 5.75 Å². The first-order valence-corrected chi connectivity index (χ1v) is 10.5. The second kappa shape index (κ2) is 8.22. The number of anilines is 2. The van der Waals surface area contributed by atoms with E-state index in [9.17, 15) is 18.0 Å². The van der Waals surface area contributed by atoms with Crippen LogP contribution in [-0.2, 0) is 14.8 Å². The minimum absolute atomic E-state index is 0.0430. The predicted molar refractivity (Wildman–Crippen MR) is 110 cm³/mol. The number of methoxy groups -OCH3 is 1. The lowest BCUT2D eigenvalue weighted by Crippen LogP contribution is -2.23. The fraction of sp³-hybridized carbons (Fsp3) is 0.300. The second-order valence-corrected chi connectivity index (χ2v) is 8.95. The number of ether oxygens (including phenoxy) is 1. The van der Waals surface area contributed by atoms with Crippen LogP contribution < -0.4 is 15.0 Å². The maximum absolute atomic E-state index is 12.7. The van der Waals surface area contributed by atoms with Gasteiger partial charge < -0.3 is 15.0 Å². The molecule has 1 aliphatic rings. The monoisotopic (exact) mass is 417 g/mol. The van der Waals surface area contributed by atoms with E-state index in [1.54, 1.807) is 29.2 Å². The van der Waals surface area contributed by atoms with Gasteiger partial charge in [-0.15, -0.1) is 0 Å². The summed E-state index contributed by atoms with van der Waals surface area (Å²) in [4.78, 5) is 26.3. The number of carbonyl (C=O) groups is 2. The Morgan fingerprint density at radius 1 is 1.14 bits per heavy atom. The molecule has 0 saturated carbocycles. The molecule has 1 heterocycles. The summed E-state index contributed by atoms with van der Waals surface area (Å²) in [7, 11) is 0.651. The first kappa shape index (κ1) is 20.8. The van der Waals surface area contributed by atoms with E-state index in [1.165, 1.54) is 39.4 Å². The Kier molecular flexibility index (Phi) is 5.90. The normalized spacial score (nSPS) is 14.3. The Morgan fingerprint density at radius 2 is 1.83 bits per heavy atom. The average Bonchev–Trinajstić information content (AvgIpc) is 3.13. The molecule has 1 fully saturated rings. The van der Waals surface area contributed by atoms with Crippen LogP contribution in [0.2, 0.25) is 0 Å². The van der Waals surface area contributed by atoms with Crippen LogP contribution in [0.15, 0.2) is 47.4 Å². The summed E-state index contributed by atoms with van der Waals surface area (Å²) < 4.78 is 31.1. The van der Waals surface area contributed by atoms with Gasteiger partial charge in [0.05, 0.1) is 17.7 Å². The van der Waals surface area contributed by atoms with Crippen molar-refractivity contribution in [1.82, 2.24) is 4.31 Å². The number of hydrogen-bond donors (Lipinski definition) is 1. The predicted octanol–water partition coefficient (Wildman–Crippen LogP) is 2.32. The van der Waals surface area contributed by atoms with Crippen LogP contribution in [-0.4, -0.2) is 52.3 Å². The number of nitrogens with one attached hydrogen (secondary N) is 1. The number of rotatable bonds is 6. The molecule has 0 radical (unpaired) electrons. The molecule has 0 bridgehead atoms. The molecule has 154 valence electrons. The summed E-state index contributed by atoms with van der Waals surface area (Å²) >= 11 is 0. The van der Waals surface area contributed by atoms with E-state index in [1.807, 2.05) is 0 Å². The SMILES string of the molecule is COc1ccc(S(=O)(=O)N(C)C)cc1NC(=O)c1ccc(N2CCCC2=O)cc1. The highest BCUT2D eigenvalue weighted by atomic mass is 32.2. The van der Waals surface area contributed by atoms with Gasteiger partial charge in [0, 0.05) is 38.3 Å². The molecule has 2 aromatic carbocycles. The highest BCUT2D eigenvalue weighted by Gasteiger charge is 2.22. The van der Waals surface area contributed by atoms with Gasteiger partial charge in [-0.25, -0.2) is 12.7 Å². The number of sulfonamides is 1.